The first-order valence-electron chi connectivity index (χ1n) is 7.23. The molecule has 21 heavy (non-hydrogen) atoms. The Balaban J connectivity index is 3.03. The van der Waals surface area contributed by atoms with E-state index in [4.69, 9.17) is 16.3 Å². The summed E-state index contributed by atoms with van der Waals surface area (Å²) in [6, 6.07) is -0.341. The number of ether oxygens (including phenoxy) is 1. The van der Waals surface area contributed by atoms with Gasteiger partial charge in [-0.15, -0.1) is 11.6 Å². The predicted octanol–water partition coefficient (Wildman–Crippen LogP) is 3.06. The molecule has 0 heterocycles. The minimum atomic E-state index is -0.732. The van der Waals surface area contributed by atoms with Crippen LogP contribution in [0.2, 0.25) is 0 Å². The van der Waals surface area contributed by atoms with Crippen molar-refractivity contribution in [2.24, 2.45) is 0 Å². The van der Waals surface area contributed by atoms with Crippen molar-refractivity contribution in [1.29, 1.82) is 0 Å². The molecule has 1 amide bonds. The molecule has 0 fully saturated rings. The van der Waals surface area contributed by atoms with Crippen molar-refractivity contribution in [3.05, 3.63) is 23.8 Å². The molecule has 4 nitrogen and oxygen atoms in total. The molecule has 0 aliphatic heterocycles. The van der Waals surface area contributed by atoms with Crippen molar-refractivity contribution in [3.63, 3.8) is 0 Å². The zero-order chi connectivity index (χ0) is 16.2. The summed E-state index contributed by atoms with van der Waals surface area (Å²) >= 11 is 6.57. The van der Waals surface area contributed by atoms with Crippen LogP contribution in [0.3, 0.4) is 0 Å². The second-order valence-corrected chi connectivity index (χ2v) is 6.51. The van der Waals surface area contributed by atoms with E-state index in [2.05, 4.69) is 0 Å². The van der Waals surface area contributed by atoms with Gasteiger partial charge in [-0.2, -0.15) is 0 Å². The maximum absolute atomic E-state index is 12.0. The number of carbonyl (C=O) groups is 2. The maximum atomic E-state index is 12.0. The first-order chi connectivity index (χ1) is 9.69. The Bertz CT molecular complexity index is 466. The van der Waals surface area contributed by atoms with Crippen LogP contribution in [0.1, 0.15) is 41.0 Å². The number of nitrogens with zero attached hydrogens (tertiary/aromatic N) is 1. The summed E-state index contributed by atoms with van der Waals surface area (Å²) in [5, 5.41) is 0. The standard InChI is InChI=1S/C16H24ClNO3/c1-6-13-8-7-9-16(5,17)15(13)18(12(4)19)10-14(20)21-11(2)3/h7-9,11,15H,6,10H2,1-5H3. The zero-order valence-electron chi connectivity index (χ0n) is 13.4. The van der Waals surface area contributed by atoms with Crippen LogP contribution in [0, 0.1) is 0 Å². The summed E-state index contributed by atoms with van der Waals surface area (Å²) in [7, 11) is 0. The fourth-order valence-corrected chi connectivity index (χ4v) is 2.88. The molecule has 0 saturated carbocycles. The molecule has 5 heteroatoms. The maximum Gasteiger partial charge on any atom is 0.325 e. The lowest BCUT2D eigenvalue weighted by Gasteiger charge is -2.41. The molecule has 1 rings (SSSR count). The average Bonchev–Trinajstić information content (AvgIpc) is 2.34. The smallest absolute Gasteiger partial charge is 0.325 e. The molecule has 0 aromatic carbocycles. The molecular formula is C16H24ClNO3. The molecule has 0 bridgehead atoms. The Kier molecular flexibility index (Phi) is 6.02. The SMILES string of the molecule is CCC1=CC=CC(C)(Cl)C1N(CC(=O)OC(C)C)C(C)=O. The number of hydrogen-bond donors (Lipinski definition) is 0. The number of alkyl halides is 1. The number of amides is 1. The Morgan fingerprint density at radius 2 is 2.10 bits per heavy atom. The summed E-state index contributed by atoms with van der Waals surface area (Å²) in [6.07, 6.45) is 6.26. The van der Waals surface area contributed by atoms with Gasteiger partial charge in [0.25, 0.3) is 0 Å². The number of hydrogen-bond acceptors (Lipinski definition) is 3. The monoisotopic (exact) mass is 313 g/mol. The third-order valence-corrected chi connectivity index (χ3v) is 3.74. The minimum absolute atomic E-state index is 0.0916. The number of allylic oxidation sites excluding steroid dienone is 2. The molecule has 0 radical (unpaired) electrons. The third kappa shape index (κ3) is 4.60. The van der Waals surface area contributed by atoms with E-state index in [1.165, 1.54) is 11.8 Å². The van der Waals surface area contributed by atoms with E-state index in [1.807, 2.05) is 32.1 Å². The zero-order valence-corrected chi connectivity index (χ0v) is 14.1. The molecule has 118 valence electrons. The molecule has 0 aromatic rings. The minimum Gasteiger partial charge on any atom is -0.462 e. The Labute approximate surface area is 131 Å². The van der Waals surface area contributed by atoms with E-state index in [1.54, 1.807) is 13.8 Å². The highest BCUT2D eigenvalue weighted by Gasteiger charge is 2.40. The fourth-order valence-electron chi connectivity index (χ4n) is 2.54. The molecule has 0 aromatic heterocycles. The van der Waals surface area contributed by atoms with Crippen LogP contribution in [-0.4, -0.2) is 40.3 Å². The van der Waals surface area contributed by atoms with Crippen molar-refractivity contribution in [1.82, 2.24) is 4.90 Å². The van der Waals surface area contributed by atoms with Gasteiger partial charge in [-0.05, 0) is 32.8 Å². The van der Waals surface area contributed by atoms with Crippen LogP contribution in [0.4, 0.5) is 0 Å². The topological polar surface area (TPSA) is 46.6 Å². The fraction of sp³-hybridized carbons (Fsp3) is 0.625. The quantitative estimate of drug-likeness (QED) is 0.579. The highest BCUT2D eigenvalue weighted by Crippen LogP contribution is 2.35. The largest absolute Gasteiger partial charge is 0.462 e. The van der Waals surface area contributed by atoms with Gasteiger partial charge in [-0.25, -0.2) is 0 Å². The van der Waals surface area contributed by atoms with Gasteiger partial charge in [0.1, 0.15) is 6.54 Å². The third-order valence-electron chi connectivity index (χ3n) is 3.41. The molecule has 0 spiro atoms. The van der Waals surface area contributed by atoms with Gasteiger partial charge < -0.3 is 9.64 Å². The second-order valence-electron chi connectivity index (χ2n) is 5.69. The highest BCUT2D eigenvalue weighted by atomic mass is 35.5. The summed E-state index contributed by atoms with van der Waals surface area (Å²) in [5.41, 5.74) is 1.03. The highest BCUT2D eigenvalue weighted by molar-refractivity contribution is 6.26. The van der Waals surface area contributed by atoms with Crippen LogP contribution in [0.25, 0.3) is 0 Å². The summed E-state index contributed by atoms with van der Waals surface area (Å²) in [4.78, 5) is 24.7. The van der Waals surface area contributed by atoms with Gasteiger partial charge in [-0.3, -0.25) is 9.59 Å². The first-order valence-corrected chi connectivity index (χ1v) is 7.60. The molecule has 0 saturated heterocycles. The van der Waals surface area contributed by atoms with Gasteiger partial charge in [-0.1, -0.05) is 25.2 Å². The number of rotatable bonds is 5. The Hall–Kier alpha value is -1.29. The predicted molar refractivity (Wildman–Crippen MR) is 84.2 cm³/mol. The second kappa shape index (κ2) is 7.12. The molecule has 2 unspecified atom stereocenters. The van der Waals surface area contributed by atoms with Crippen LogP contribution >= 0.6 is 11.6 Å². The summed E-state index contributed by atoms with van der Waals surface area (Å²) < 4.78 is 5.15. The lowest BCUT2D eigenvalue weighted by Crippen LogP contribution is -2.53. The van der Waals surface area contributed by atoms with Gasteiger partial charge in [0.2, 0.25) is 5.91 Å². The van der Waals surface area contributed by atoms with Crippen molar-refractivity contribution < 1.29 is 14.3 Å². The van der Waals surface area contributed by atoms with Crippen molar-refractivity contribution in [2.45, 2.75) is 58.1 Å². The van der Waals surface area contributed by atoms with E-state index in [-0.39, 0.29) is 24.6 Å². The Morgan fingerprint density at radius 3 is 2.57 bits per heavy atom. The van der Waals surface area contributed by atoms with Crippen molar-refractivity contribution >= 4 is 23.5 Å². The van der Waals surface area contributed by atoms with Gasteiger partial charge in [0, 0.05) is 6.92 Å². The molecular weight excluding hydrogens is 290 g/mol. The lowest BCUT2D eigenvalue weighted by atomic mass is 9.86. The van der Waals surface area contributed by atoms with Gasteiger partial charge in [0.05, 0.1) is 17.0 Å². The van der Waals surface area contributed by atoms with Crippen LogP contribution in [0.15, 0.2) is 23.8 Å². The van der Waals surface area contributed by atoms with Crippen LogP contribution in [0.5, 0.6) is 0 Å². The van der Waals surface area contributed by atoms with Gasteiger partial charge >= 0.3 is 5.97 Å². The van der Waals surface area contributed by atoms with Gasteiger partial charge in [0.15, 0.2) is 0 Å². The lowest BCUT2D eigenvalue weighted by molar-refractivity contribution is -0.153. The van der Waals surface area contributed by atoms with E-state index in [9.17, 15) is 9.59 Å². The van der Waals surface area contributed by atoms with Crippen LogP contribution < -0.4 is 0 Å². The summed E-state index contributed by atoms with van der Waals surface area (Å²) in [5.74, 6) is -0.611. The first kappa shape index (κ1) is 17.8. The Morgan fingerprint density at radius 1 is 1.48 bits per heavy atom. The van der Waals surface area contributed by atoms with E-state index >= 15 is 0 Å². The van der Waals surface area contributed by atoms with Crippen molar-refractivity contribution in [3.8, 4) is 0 Å². The average molecular weight is 314 g/mol. The molecule has 1 aliphatic carbocycles. The number of carbonyl (C=O) groups excluding carboxylic acids is 2. The molecule has 0 N–H and O–H groups in total. The molecule has 2 atom stereocenters. The normalized spacial score (nSPS) is 24.7. The van der Waals surface area contributed by atoms with Crippen LogP contribution in [-0.2, 0) is 14.3 Å². The van der Waals surface area contributed by atoms with E-state index in [0.717, 1.165) is 12.0 Å². The summed E-state index contributed by atoms with van der Waals surface area (Å²) in [6.45, 7) is 8.77. The van der Waals surface area contributed by atoms with Crippen molar-refractivity contribution in [2.75, 3.05) is 6.54 Å². The number of halogens is 1. The van der Waals surface area contributed by atoms with E-state index < -0.39 is 10.8 Å². The molecule has 1 aliphatic rings. The number of esters is 1. The van der Waals surface area contributed by atoms with E-state index in [0.29, 0.717) is 0 Å².